The van der Waals surface area contributed by atoms with Crippen molar-refractivity contribution in [1.82, 2.24) is 10.2 Å². The molecule has 3 heteroatoms. The molecule has 0 aliphatic heterocycles. The maximum Gasteiger partial charge on any atom is 0.242 e. The number of carbonyl (C=O) groups is 1. The Morgan fingerprint density at radius 2 is 1.38 bits per heavy atom. The van der Waals surface area contributed by atoms with Crippen LogP contribution in [0.5, 0.6) is 0 Å². The molecule has 0 unspecified atom stereocenters. The fraction of sp³-hybridized carbons (Fsp3) is 0.944. The largest absolute Gasteiger partial charge is 0.335 e. The molecule has 0 aromatic heterocycles. The lowest BCUT2D eigenvalue weighted by atomic mass is 9.87. The Bertz CT molecular complexity index is 310. The van der Waals surface area contributed by atoms with Gasteiger partial charge in [-0.3, -0.25) is 4.79 Å². The molecule has 1 amide bonds. The average molecular weight is 294 g/mol. The van der Waals surface area contributed by atoms with Crippen LogP contribution in [0.25, 0.3) is 0 Å². The van der Waals surface area contributed by atoms with Crippen molar-refractivity contribution in [3.8, 4) is 0 Å². The highest BCUT2D eigenvalue weighted by atomic mass is 16.2. The highest BCUT2D eigenvalue weighted by Gasteiger charge is 2.39. The van der Waals surface area contributed by atoms with Crippen LogP contribution in [0.4, 0.5) is 0 Å². The van der Waals surface area contributed by atoms with E-state index in [-0.39, 0.29) is 0 Å². The Morgan fingerprint density at radius 1 is 0.952 bits per heavy atom. The number of hydrogen-bond acceptors (Lipinski definition) is 2. The van der Waals surface area contributed by atoms with E-state index >= 15 is 0 Å². The first-order valence-corrected chi connectivity index (χ1v) is 9.14. The molecule has 2 aliphatic carbocycles. The summed E-state index contributed by atoms with van der Waals surface area (Å²) >= 11 is 0. The fourth-order valence-electron chi connectivity index (χ4n) is 4.19. The van der Waals surface area contributed by atoms with Crippen LogP contribution in [-0.2, 0) is 4.79 Å². The number of nitrogens with zero attached hydrogens (tertiary/aromatic N) is 1. The first-order valence-electron chi connectivity index (χ1n) is 9.14. The van der Waals surface area contributed by atoms with Crippen LogP contribution in [-0.4, -0.2) is 35.0 Å². The highest BCUT2D eigenvalue weighted by molar-refractivity contribution is 5.86. The second-order valence-electron chi connectivity index (χ2n) is 7.45. The molecule has 3 nitrogen and oxygen atoms in total. The van der Waals surface area contributed by atoms with E-state index in [1.807, 2.05) is 0 Å². The third kappa shape index (κ3) is 4.21. The smallest absolute Gasteiger partial charge is 0.242 e. The van der Waals surface area contributed by atoms with Gasteiger partial charge >= 0.3 is 0 Å². The van der Waals surface area contributed by atoms with Crippen molar-refractivity contribution in [3.05, 3.63) is 0 Å². The summed E-state index contributed by atoms with van der Waals surface area (Å²) in [5.74, 6) is 0.336. The van der Waals surface area contributed by atoms with Crippen LogP contribution in [0.15, 0.2) is 0 Å². The lowest BCUT2D eigenvalue weighted by Crippen LogP contribution is -2.60. The first-order chi connectivity index (χ1) is 10.1. The van der Waals surface area contributed by atoms with E-state index in [1.165, 1.54) is 64.2 Å². The second-order valence-corrected chi connectivity index (χ2v) is 7.45. The van der Waals surface area contributed by atoms with Crippen LogP contribution in [0.3, 0.4) is 0 Å². The molecule has 0 aromatic rings. The van der Waals surface area contributed by atoms with Gasteiger partial charge in [0.05, 0.1) is 5.54 Å². The van der Waals surface area contributed by atoms with E-state index in [1.54, 1.807) is 0 Å². The van der Waals surface area contributed by atoms with Gasteiger partial charge in [-0.05, 0) is 46.1 Å². The molecule has 0 radical (unpaired) electrons. The zero-order valence-electron chi connectivity index (χ0n) is 14.3. The molecule has 2 rings (SSSR count). The van der Waals surface area contributed by atoms with Crippen molar-refractivity contribution in [3.63, 3.8) is 0 Å². The van der Waals surface area contributed by atoms with Gasteiger partial charge in [-0.2, -0.15) is 0 Å². The predicted octanol–water partition coefficient (Wildman–Crippen LogP) is 3.87. The van der Waals surface area contributed by atoms with Crippen molar-refractivity contribution in [2.45, 2.75) is 103 Å². The standard InChI is InChI=1S/C18H34N2O/c1-4-19-18(2,3)17(21)20(15-11-7-5-8-12-15)16-13-9-6-10-14-16/h15-16,19H,4-14H2,1-3H3. The topological polar surface area (TPSA) is 32.3 Å². The molecule has 21 heavy (non-hydrogen) atoms. The molecule has 0 saturated heterocycles. The molecule has 1 N–H and O–H groups in total. The molecule has 0 atom stereocenters. The number of carbonyl (C=O) groups excluding carboxylic acids is 1. The maximum atomic E-state index is 13.2. The lowest BCUT2D eigenvalue weighted by Gasteiger charge is -2.45. The van der Waals surface area contributed by atoms with Gasteiger partial charge in [0, 0.05) is 12.1 Å². The van der Waals surface area contributed by atoms with Gasteiger partial charge in [0.2, 0.25) is 5.91 Å². The van der Waals surface area contributed by atoms with Gasteiger partial charge in [-0.15, -0.1) is 0 Å². The minimum atomic E-state index is -0.427. The van der Waals surface area contributed by atoms with Crippen LogP contribution in [0.2, 0.25) is 0 Å². The van der Waals surface area contributed by atoms with Crippen molar-refractivity contribution in [2.75, 3.05) is 6.54 Å². The molecule has 2 saturated carbocycles. The predicted molar refractivity (Wildman–Crippen MR) is 88.3 cm³/mol. The summed E-state index contributed by atoms with van der Waals surface area (Å²) in [4.78, 5) is 15.5. The van der Waals surface area contributed by atoms with Crippen LogP contribution < -0.4 is 5.32 Å². The zero-order valence-corrected chi connectivity index (χ0v) is 14.3. The Hall–Kier alpha value is -0.570. The summed E-state index contributed by atoms with van der Waals surface area (Å²) in [5.41, 5.74) is -0.427. The van der Waals surface area contributed by atoms with Crippen LogP contribution >= 0.6 is 0 Å². The summed E-state index contributed by atoms with van der Waals surface area (Å²) < 4.78 is 0. The minimum Gasteiger partial charge on any atom is -0.335 e. The van der Waals surface area contributed by atoms with Gasteiger partial charge < -0.3 is 10.2 Å². The normalized spacial score (nSPS) is 22.2. The van der Waals surface area contributed by atoms with Crippen molar-refractivity contribution in [1.29, 1.82) is 0 Å². The third-order valence-electron chi connectivity index (χ3n) is 5.32. The molecule has 0 spiro atoms. The van der Waals surface area contributed by atoms with E-state index in [0.29, 0.717) is 18.0 Å². The van der Waals surface area contributed by atoms with Crippen LogP contribution in [0.1, 0.15) is 85.0 Å². The van der Waals surface area contributed by atoms with Crippen LogP contribution in [0, 0.1) is 0 Å². The van der Waals surface area contributed by atoms with E-state index in [9.17, 15) is 4.79 Å². The molecule has 0 bridgehead atoms. The summed E-state index contributed by atoms with van der Waals surface area (Å²) in [6.45, 7) is 7.04. The van der Waals surface area contributed by atoms with E-state index in [0.717, 1.165) is 6.54 Å². The molecule has 122 valence electrons. The molecule has 2 fully saturated rings. The zero-order chi connectivity index (χ0) is 15.3. The van der Waals surface area contributed by atoms with Gasteiger partial charge in [0.15, 0.2) is 0 Å². The summed E-state index contributed by atoms with van der Waals surface area (Å²) in [6, 6.07) is 0.986. The molecular weight excluding hydrogens is 260 g/mol. The van der Waals surface area contributed by atoms with E-state index < -0.39 is 5.54 Å². The van der Waals surface area contributed by atoms with Gasteiger partial charge in [-0.25, -0.2) is 0 Å². The number of likely N-dealkylation sites (N-methyl/N-ethyl adjacent to an activating group) is 1. The Balaban J connectivity index is 2.15. The summed E-state index contributed by atoms with van der Waals surface area (Å²) in [5, 5.41) is 3.39. The third-order valence-corrected chi connectivity index (χ3v) is 5.32. The van der Waals surface area contributed by atoms with Gasteiger partial charge in [0.25, 0.3) is 0 Å². The lowest BCUT2D eigenvalue weighted by molar-refractivity contribution is -0.144. The Morgan fingerprint density at radius 3 is 1.76 bits per heavy atom. The van der Waals surface area contributed by atoms with Crippen molar-refractivity contribution in [2.24, 2.45) is 0 Å². The summed E-state index contributed by atoms with van der Waals surface area (Å²) in [7, 11) is 0. The number of amides is 1. The quantitative estimate of drug-likeness (QED) is 0.835. The van der Waals surface area contributed by atoms with E-state index in [2.05, 4.69) is 31.0 Å². The highest BCUT2D eigenvalue weighted by Crippen LogP contribution is 2.31. The maximum absolute atomic E-state index is 13.2. The number of hydrogen-bond donors (Lipinski definition) is 1. The van der Waals surface area contributed by atoms with Crippen molar-refractivity contribution < 1.29 is 4.79 Å². The number of rotatable bonds is 5. The summed E-state index contributed by atoms with van der Waals surface area (Å²) in [6.07, 6.45) is 12.7. The molecule has 2 aliphatic rings. The fourth-order valence-corrected chi connectivity index (χ4v) is 4.19. The Kier molecular flexibility index (Phi) is 6.09. The number of nitrogens with one attached hydrogen (secondary N) is 1. The van der Waals surface area contributed by atoms with Gasteiger partial charge in [0.1, 0.15) is 0 Å². The van der Waals surface area contributed by atoms with Crippen molar-refractivity contribution >= 4 is 5.91 Å². The average Bonchev–Trinajstić information content (AvgIpc) is 2.49. The minimum absolute atomic E-state index is 0.336. The van der Waals surface area contributed by atoms with Gasteiger partial charge in [-0.1, -0.05) is 45.4 Å². The Labute approximate surface area is 130 Å². The monoisotopic (exact) mass is 294 g/mol. The molecular formula is C18H34N2O. The molecule has 0 aromatic carbocycles. The second kappa shape index (κ2) is 7.62. The first kappa shape index (κ1) is 16.8. The molecule has 0 heterocycles. The SMILES string of the molecule is CCNC(C)(C)C(=O)N(C1CCCCC1)C1CCCCC1. The van der Waals surface area contributed by atoms with E-state index in [4.69, 9.17) is 0 Å².